The summed E-state index contributed by atoms with van der Waals surface area (Å²) >= 11 is 0. The second-order valence-electron chi connectivity index (χ2n) is 8.00. The van der Waals surface area contributed by atoms with Crippen molar-refractivity contribution in [3.63, 3.8) is 0 Å². The minimum absolute atomic E-state index is 0.000612. The van der Waals surface area contributed by atoms with Crippen molar-refractivity contribution in [2.24, 2.45) is 0 Å². The molecule has 0 saturated carbocycles. The van der Waals surface area contributed by atoms with Crippen molar-refractivity contribution in [2.45, 2.75) is 39.2 Å². The Morgan fingerprint density at radius 3 is 2.48 bits per heavy atom. The van der Waals surface area contributed by atoms with Crippen LogP contribution in [0, 0.1) is 17.1 Å². The van der Waals surface area contributed by atoms with Crippen LogP contribution in [-0.2, 0) is 23.2 Å². The SMILES string of the molecule is CC(C)(C)c1ccc(CC(=O)Nc2ccn(Cc3ccc(F)c(C#N)c3)n2)cc1. The molecule has 0 unspecified atom stereocenters. The Kier molecular flexibility index (Phi) is 5.79. The third-order valence-electron chi connectivity index (χ3n) is 4.59. The van der Waals surface area contributed by atoms with Crippen molar-refractivity contribution >= 4 is 11.7 Å². The molecule has 2 aromatic carbocycles. The molecule has 0 bridgehead atoms. The molecule has 0 fully saturated rings. The Morgan fingerprint density at radius 2 is 1.83 bits per heavy atom. The van der Waals surface area contributed by atoms with E-state index in [0.717, 1.165) is 11.1 Å². The number of amides is 1. The number of benzene rings is 2. The molecular weight excluding hydrogens is 367 g/mol. The lowest BCUT2D eigenvalue weighted by Gasteiger charge is -2.19. The Balaban J connectivity index is 1.60. The van der Waals surface area contributed by atoms with E-state index in [2.05, 4.69) is 43.3 Å². The number of carbonyl (C=O) groups excluding carboxylic acids is 1. The topological polar surface area (TPSA) is 70.7 Å². The third-order valence-corrected chi connectivity index (χ3v) is 4.59. The predicted molar refractivity (Wildman–Crippen MR) is 110 cm³/mol. The van der Waals surface area contributed by atoms with Crippen LogP contribution in [0.25, 0.3) is 0 Å². The van der Waals surface area contributed by atoms with E-state index in [0.29, 0.717) is 12.4 Å². The molecule has 0 atom stereocenters. The number of rotatable bonds is 5. The normalized spacial score (nSPS) is 11.1. The summed E-state index contributed by atoms with van der Waals surface area (Å²) in [6.07, 6.45) is 1.99. The van der Waals surface area contributed by atoms with Gasteiger partial charge in [-0.15, -0.1) is 0 Å². The number of anilines is 1. The number of nitriles is 1. The standard InChI is InChI=1S/C23H23FN4O/c1-23(2,3)19-7-4-16(5-8-19)13-22(29)26-21-10-11-28(27-21)15-17-6-9-20(24)18(12-17)14-25/h4-12H,13,15H2,1-3H3,(H,26,27,29). The summed E-state index contributed by atoms with van der Waals surface area (Å²) in [4.78, 5) is 12.3. The van der Waals surface area contributed by atoms with Crippen molar-refractivity contribution < 1.29 is 9.18 Å². The first-order valence-electron chi connectivity index (χ1n) is 9.36. The lowest BCUT2D eigenvalue weighted by molar-refractivity contribution is -0.115. The highest BCUT2D eigenvalue weighted by Crippen LogP contribution is 2.22. The number of halogens is 1. The molecule has 5 nitrogen and oxygen atoms in total. The monoisotopic (exact) mass is 390 g/mol. The van der Waals surface area contributed by atoms with Crippen LogP contribution in [-0.4, -0.2) is 15.7 Å². The van der Waals surface area contributed by atoms with Gasteiger partial charge in [0.25, 0.3) is 0 Å². The molecule has 1 heterocycles. The van der Waals surface area contributed by atoms with E-state index in [1.165, 1.54) is 17.7 Å². The molecule has 148 valence electrons. The number of nitrogens with one attached hydrogen (secondary N) is 1. The van der Waals surface area contributed by atoms with Crippen LogP contribution >= 0.6 is 0 Å². The smallest absolute Gasteiger partial charge is 0.229 e. The Morgan fingerprint density at radius 1 is 1.14 bits per heavy atom. The fraction of sp³-hybridized carbons (Fsp3) is 0.261. The molecule has 3 rings (SSSR count). The fourth-order valence-electron chi connectivity index (χ4n) is 2.95. The van der Waals surface area contributed by atoms with Gasteiger partial charge in [-0.25, -0.2) is 4.39 Å². The largest absolute Gasteiger partial charge is 0.309 e. The zero-order valence-corrected chi connectivity index (χ0v) is 16.7. The van der Waals surface area contributed by atoms with Crippen LogP contribution in [0.2, 0.25) is 0 Å². The van der Waals surface area contributed by atoms with Crippen LogP contribution < -0.4 is 5.32 Å². The van der Waals surface area contributed by atoms with E-state index in [1.54, 1.807) is 23.0 Å². The summed E-state index contributed by atoms with van der Waals surface area (Å²) in [5, 5.41) is 16.0. The maximum atomic E-state index is 13.4. The van der Waals surface area contributed by atoms with Gasteiger partial charge in [0.1, 0.15) is 11.9 Å². The number of hydrogen-bond acceptors (Lipinski definition) is 3. The summed E-state index contributed by atoms with van der Waals surface area (Å²) in [7, 11) is 0. The highest BCUT2D eigenvalue weighted by atomic mass is 19.1. The van der Waals surface area contributed by atoms with Crippen molar-refractivity contribution in [2.75, 3.05) is 5.32 Å². The van der Waals surface area contributed by atoms with Gasteiger partial charge in [-0.2, -0.15) is 10.4 Å². The highest BCUT2D eigenvalue weighted by molar-refractivity contribution is 5.91. The van der Waals surface area contributed by atoms with Crippen LogP contribution in [0.5, 0.6) is 0 Å². The molecular formula is C23H23FN4O. The lowest BCUT2D eigenvalue weighted by atomic mass is 9.86. The molecule has 0 spiro atoms. The number of nitrogens with zero attached hydrogens (tertiary/aromatic N) is 3. The van der Waals surface area contributed by atoms with Gasteiger partial charge < -0.3 is 5.32 Å². The average molecular weight is 390 g/mol. The fourth-order valence-corrected chi connectivity index (χ4v) is 2.95. The Labute approximate surface area is 169 Å². The van der Waals surface area contributed by atoms with Gasteiger partial charge in [0.05, 0.1) is 18.5 Å². The first-order valence-corrected chi connectivity index (χ1v) is 9.36. The number of aromatic nitrogens is 2. The Hall–Kier alpha value is -3.46. The highest BCUT2D eigenvalue weighted by Gasteiger charge is 2.14. The average Bonchev–Trinajstić information content (AvgIpc) is 3.09. The zero-order valence-electron chi connectivity index (χ0n) is 16.7. The minimum atomic E-state index is -0.541. The third kappa shape index (κ3) is 5.29. The molecule has 6 heteroatoms. The molecule has 0 aliphatic heterocycles. The van der Waals surface area contributed by atoms with Gasteiger partial charge >= 0.3 is 0 Å². The van der Waals surface area contributed by atoms with E-state index >= 15 is 0 Å². The molecule has 0 saturated heterocycles. The number of hydrogen-bond donors (Lipinski definition) is 1. The van der Waals surface area contributed by atoms with Gasteiger partial charge in [0.15, 0.2) is 5.82 Å². The molecule has 0 radical (unpaired) electrons. The first kappa shape index (κ1) is 20.3. The van der Waals surface area contributed by atoms with E-state index in [1.807, 2.05) is 18.2 Å². The molecule has 29 heavy (non-hydrogen) atoms. The van der Waals surface area contributed by atoms with Gasteiger partial charge in [-0.05, 0) is 34.2 Å². The van der Waals surface area contributed by atoms with Gasteiger partial charge in [-0.1, -0.05) is 51.1 Å². The van der Waals surface area contributed by atoms with Gasteiger partial charge in [0.2, 0.25) is 5.91 Å². The van der Waals surface area contributed by atoms with Crippen LogP contribution in [0.1, 0.15) is 43.0 Å². The van der Waals surface area contributed by atoms with E-state index in [4.69, 9.17) is 5.26 Å². The van der Waals surface area contributed by atoms with E-state index in [9.17, 15) is 9.18 Å². The summed E-state index contributed by atoms with van der Waals surface area (Å²) in [5.74, 6) is -0.239. The van der Waals surface area contributed by atoms with Crippen molar-refractivity contribution in [1.29, 1.82) is 5.26 Å². The summed E-state index contributed by atoms with van der Waals surface area (Å²) in [5.41, 5.74) is 2.99. The van der Waals surface area contributed by atoms with E-state index in [-0.39, 0.29) is 23.3 Å². The second-order valence-corrected chi connectivity index (χ2v) is 8.00. The van der Waals surface area contributed by atoms with Crippen LogP contribution in [0.15, 0.2) is 54.7 Å². The molecule has 1 aromatic heterocycles. The second kappa shape index (κ2) is 8.27. The molecule has 1 N–H and O–H groups in total. The summed E-state index contributed by atoms with van der Waals surface area (Å²) in [6.45, 7) is 6.83. The van der Waals surface area contributed by atoms with Gasteiger partial charge in [0, 0.05) is 12.3 Å². The molecule has 1 amide bonds. The first-order chi connectivity index (χ1) is 13.7. The predicted octanol–water partition coefficient (Wildman–Crippen LogP) is 4.42. The maximum Gasteiger partial charge on any atom is 0.229 e. The molecule has 0 aliphatic rings. The van der Waals surface area contributed by atoms with Gasteiger partial charge in [-0.3, -0.25) is 9.48 Å². The molecule has 3 aromatic rings. The van der Waals surface area contributed by atoms with Crippen molar-refractivity contribution in [3.8, 4) is 6.07 Å². The summed E-state index contributed by atoms with van der Waals surface area (Å²) in [6, 6.07) is 16.0. The van der Waals surface area contributed by atoms with Crippen molar-refractivity contribution in [3.05, 3.63) is 82.8 Å². The van der Waals surface area contributed by atoms with Crippen molar-refractivity contribution in [1.82, 2.24) is 9.78 Å². The van der Waals surface area contributed by atoms with Crippen LogP contribution in [0.3, 0.4) is 0 Å². The van der Waals surface area contributed by atoms with E-state index < -0.39 is 5.82 Å². The number of carbonyl (C=O) groups is 1. The lowest BCUT2D eigenvalue weighted by Crippen LogP contribution is -2.16. The zero-order chi connectivity index (χ0) is 21.0. The Bertz CT molecular complexity index is 1060. The quantitative estimate of drug-likeness (QED) is 0.701. The summed E-state index contributed by atoms with van der Waals surface area (Å²) < 4.78 is 15.1. The maximum absolute atomic E-state index is 13.4. The minimum Gasteiger partial charge on any atom is -0.309 e. The molecule has 0 aliphatic carbocycles. The van der Waals surface area contributed by atoms with Crippen LogP contribution in [0.4, 0.5) is 10.2 Å².